The van der Waals surface area contributed by atoms with Crippen LogP contribution in [0.4, 0.5) is 15.9 Å². The number of nitrogens with one attached hydrogen (secondary N) is 1. The van der Waals surface area contributed by atoms with Crippen molar-refractivity contribution < 1.29 is 9.18 Å². The maximum absolute atomic E-state index is 13.7. The second-order valence-corrected chi connectivity index (χ2v) is 7.91. The molecule has 0 bridgehead atoms. The molecule has 4 heterocycles. The van der Waals surface area contributed by atoms with E-state index in [4.69, 9.17) is 4.98 Å². The number of nitrogens with zero attached hydrogens (tertiary/aromatic N) is 6. The van der Waals surface area contributed by atoms with Crippen molar-refractivity contribution in [2.45, 2.75) is 52.6 Å². The average Bonchev–Trinajstić information content (AvgIpc) is 3.18. The van der Waals surface area contributed by atoms with E-state index in [2.05, 4.69) is 20.4 Å². The number of pyridine rings is 1. The second kappa shape index (κ2) is 9.64. The van der Waals surface area contributed by atoms with Crippen molar-refractivity contribution in [3.05, 3.63) is 58.8 Å². The standard InChI is InChI=1S/C22H26FN7O.H2S/c1-5-18-22(31)28-20-14(3)26-19(27-21(20)29(18)4)7-6-15-10-25-30(11-15)12-16-8-17(23)13(2)24-9-16;/h8-11,18H,5-7,12H2,1-4H3,(H,28,31);1H2/t18-;/m0./s1. The van der Waals surface area contributed by atoms with E-state index >= 15 is 0 Å². The molecule has 1 atom stereocenters. The van der Waals surface area contributed by atoms with E-state index in [0.717, 1.165) is 34.9 Å². The summed E-state index contributed by atoms with van der Waals surface area (Å²) in [5, 5.41) is 7.32. The smallest absolute Gasteiger partial charge is 0.247 e. The van der Waals surface area contributed by atoms with E-state index in [9.17, 15) is 9.18 Å². The van der Waals surface area contributed by atoms with Gasteiger partial charge in [-0.25, -0.2) is 14.4 Å². The lowest BCUT2D eigenvalue weighted by atomic mass is 10.1. The third kappa shape index (κ3) is 4.74. The summed E-state index contributed by atoms with van der Waals surface area (Å²) in [4.78, 5) is 27.6. The Morgan fingerprint density at radius 2 is 1.91 bits per heavy atom. The molecule has 3 aromatic heterocycles. The molecule has 4 rings (SSSR count). The first-order valence-electron chi connectivity index (χ1n) is 10.4. The molecule has 0 aliphatic carbocycles. The van der Waals surface area contributed by atoms with Crippen LogP contribution in [0.15, 0.2) is 24.7 Å². The summed E-state index contributed by atoms with van der Waals surface area (Å²) in [6.07, 6.45) is 7.51. The van der Waals surface area contributed by atoms with Gasteiger partial charge >= 0.3 is 0 Å². The zero-order valence-electron chi connectivity index (χ0n) is 18.7. The molecule has 10 heteroatoms. The van der Waals surface area contributed by atoms with Gasteiger partial charge in [0.1, 0.15) is 23.4 Å². The molecule has 170 valence electrons. The van der Waals surface area contributed by atoms with Gasteiger partial charge in [0.15, 0.2) is 5.82 Å². The van der Waals surface area contributed by atoms with Crippen LogP contribution in [-0.2, 0) is 24.2 Å². The van der Waals surface area contributed by atoms with Gasteiger partial charge in [0.05, 0.1) is 24.1 Å². The Hall–Kier alpha value is -3.01. The van der Waals surface area contributed by atoms with E-state index < -0.39 is 0 Å². The Morgan fingerprint density at radius 1 is 1.12 bits per heavy atom. The van der Waals surface area contributed by atoms with Gasteiger partial charge in [-0.1, -0.05) is 6.92 Å². The van der Waals surface area contributed by atoms with Crippen LogP contribution >= 0.6 is 13.5 Å². The summed E-state index contributed by atoms with van der Waals surface area (Å²) in [6, 6.07) is 1.26. The first-order valence-corrected chi connectivity index (χ1v) is 10.4. The number of anilines is 2. The highest BCUT2D eigenvalue weighted by Gasteiger charge is 2.32. The molecule has 1 amide bonds. The third-order valence-electron chi connectivity index (χ3n) is 5.61. The summed E-state index contributed by atoms with van der Waals surface area (Å²) >= 11 is 0. The molecular formula is C22H28FN7OS. The molecule has 0 fully saturated rings. The molecule has 32 heavy (non-hydrogen) atoms. The van der Waals surface area contributed by atoms with E-state index in [1.165, 1.54) is 6.07 Å². The molecule has 0 saturated carbocycles. The zero-order valence-corrected chi connectivity index (χ0v) is 19.7. The second-order valence-electron chi connectivity index (χ2n) is 7.91. The van der Waals surface area contributed by atoms with Crippen LogP contribution in [0, 0.1) is 19.7 Å². The van der Waals surface area contributed by atoms with E-state index in [1.54, 1.807) is 17.8 Å². The molecule has 0 radical (unpaired) electrons. The van der Waals surface area contributed by atoms with Crippen LogP contribution in [0.5, 0.6) is 0 Å². The van der Waals surface area contributed by atoms with Gasteiger partial charge in [0.2, 0.25) is 5.91 Å². The zero-order chi connectivity index (χ0) is 22.1. The van der Waals surface area contributed by atoms with E-state index in [-0.39, 0.29) is 31.3 Å². The van der Waals surface area contributed by atoms with Crippen LogP contribution in [-0.4, -0.2) is 43.7 Å². The van der Waals surface area contributed by atoms with Crippen molar-refractivity contribution in [3.8, 4) is 0 Å². The van der Waals surface area contributed by atoms with Crippen molar-refractivity contribution in [2.24, 2.45) is 0 Å². The average molecular weight is 458 g/mol. The Morgan fingerprint density at radius 3 is 2.62 bits per heavy atom. The minimum Gasteiger partial charge on any atom is -0.346 e. The fraction of sp³-hybridized carbons (Fsp3) is 0.409. The maximum Gasteiger partial charge on any atom is 0.247 e. The number of halogens is 1. The minimum absolute atomic E-state index is 0. The van der Waals surface area contributed by atoms with Crippen LogP contribution in [0.2, 0.25) is 0 Å². The lowest BCUT2D eigenvalue weighted by Crippen LogP contribution is -2.46. The molecule has 1 N–H and O–H groups in total. The fourth-order valence-corrected chi connectivity index (χ4v) is 3.81. The Bertz CT molecular complexity index is 1130. The molecule has 8 nitrogen and oxygen atoms in total. The van der Waals surface area contributed by atoms with Crippen LogP contribution in [0.3, 0.4) is 0 Å². The van der Waals surface area contributed by atoms with Crippen LogP contribution in [0.1, 0.15) is 41.7 Å². The molecule has 0 spiro atoms. The monoisotopic (exact) mass is 457 g/mol. The Kier molecular flexibility index (Phi) is 7.12. The molecular weight excluding hydrogens is 429 g/mol. The van der Waals surface area contributed by atoms with Gasteiger partial charge in [-0.2, -0.15) is 18.6 Å². The lowest BCUT2D eigenvalue weighted by Gasteiger charge is -2.34. The molecule has 0 saturated heterocycles. The summed E-state index contributed by atoms with van der Waals surface area (Å²) in [7, 11) is 1.90. The number of hydrogen-bond acceptors (Lipinski definition) is 6. The largest absolute Gasteiger partial charge is 0.346 e. The normalized spacial score (nSPS) is 15.2. The molecule has 1 aliphatic heterocycles. The SMILES string of the molecule is CC[C@H]1C(=O)Nc2c(C)nc(CCc3cnn(Cc4cnc(C)c(F)c4)c3)nc2N1C.S. The third-order valence-corrected chi connectivity index (χ3v) is 5.61. The highest BCUT2D eigenvalue weighted by molar-refractivity contribution is 7.59. The van der Waals surface area contributed by atoms with E-state index in [1.807, 2.05) is 38.2 Å². The number of aryl methyl sites for hydroxylation is 4. The Labute approximate surface area is 193 Å². The quantitative estimate of drug-likeness (QED) is 0.612. The first kappa shape index (κ1) is 23.6. The van der Waals surface area contributed by atoms with Crippen LogP contribution in [0.25, 0.3) is 0 Å². The van der Waals surface area contributed by atoms with Crippen molar-refractivity contribution in [1.29, 1.82) is 0 Å². The van der Waals surface area contributed by atoms with Gasteiger partial charge in [-0.05, 0) is 43.9 Å². The number of carbonyl (C=O) groups excluding carboxylic acids is 1. The number of hydrogen-bond donors (Lipinski definition) is 1. The summed E-state index contributed by atoms with van der Waals surface area (Å²) < 4.78 is 15.5. The Balaban J connectivity index is 0.00000289. The van der Waals surface area contributed by atoms with Gasteiger partial charge in [0, 0.05) is 25.9 Å². The van der Waals surface area contributed by atoms with Gasteiger partial charge in [-0.15, -0.1) is 0 Å². The number of amides is 1. The van der Waals surface area contributed by atoms with Crippen molar-refractivity contribution in [2.75, 3.05) is 17.3 Å². The molecule has 1 aliphatic rings. The lowest BCUT2D eigenvalue weighted by molar-refractivity contribution is -0.117. The maximum atomic E-state index is 13.7. The number of fused-ring (bicyclic) bond motifs is 1. The van der Waals surface area contributed by atoms with Crippen molar-refractivity contribution in [1.82, 2.24) is 24.7 Å². The predicted octanol–water partition coefficient (Wildman–Crippen LogP) is 2.94. The topological polar surface area (TPSA) is 88.8 Å². The summed E-state index contributed by atoms with van der Waals surface area (Å²) in [5.41, 5.74) is 3.65. The highest BCUT2D eigenvalue weighted by atomic mass is 32.1. The highest BCUT2D eigenvalue weighted by Crippen LogP contribution is 2.32. The van der Waals surface area contributed by atoms with Crippen molar-refractivity contribution >= 4 is 30.9 Å². The van der Waals surface area contributed by atoms with Crippen LogP contribution < -0.4 is 10.2 Å². The minimum atomic E-state index is -0.309. The predicted molar refractivity (Wildman–Crippen MR) is 126 cm³/mol. The number of aromatic nitrogens is 5. The van der Waals surface area contributed by atoms with Gasteiger partial charge < -0.3 is 10.2 Å². The number of rotatable bonds is 6. The first-order chi connectivity index (χ1) is 14.9. The molecule has 0 aromatic carbocycles. The van der Waals surface area contributed by atoms with Gasteiger partial charge in [-0.3, -0.25) is 14.5 Å². The van der Waals surface area contributed by atoms with Crippen molar-refractivity contribution in [3.63, 3.8) is 0 Å². The summed E-state index contributed by atoms with van der Waals surface area (Å²) in [6.45, 7) is 5.97. The van der Waals surface area contributed by atoms with Gasteiger partial charge in [0.25, 0.3) is 0 Å². The fourth-order valence-electron chi connectivity index (χ4n) is 3.81. The molecule has 0 unspecified atom stereocenters. The van der Waals surface area contributed by atoms with E-state index in [0.29, 0.717) is 30.8 Å². The molecule has 3 aromatic rings. The number of likely N-dealkylation sites (N-methyl/N-ethyl adjacent to an activating group) is 1. The number of carbonyl (C=O) groups is 1. The summed E-state index contributed by atoms with van der Waals surface area (Å²) in [5.74, 6) is 1.16.